The van der Waals surface area contributed by atoms with Crippen LogP contribution in [0.25, 0.3) is 22.0 Å². The highest BCUT2D eigenvalue weighted by molar-refractivity contribution is 9.10. The molecule has 0 radical (unpaired) electrons. The Morgan fingerprint density at radius 3 is 2.96 bits per heavy atom. The van der Waals surface area contributed by atoms with Crippen molar-refractivity contribution in [3.05, 3.63) is 59.0 Å². The topological polar surface area (TPSA) is 60.1 Å². The summed E-state index contributed by atoms with van der Waals surface area (Å²) in [6, 6.07) is 13.0. The fraction of sp³-hybridized carbons (Fsp3) is 0.0588. The summed E-state index contributed by atoms with van der Waals surface area (Å²) in [6.07, 6.45) is 1.74. The number of carbonyl (C=O) groups is 1. The van der Waals surface area contributed by atoms with Gasteiger partial charge in [-0.2, -0.15) is 0 Å². The molecule has 0 aliphatic heterocycles. The van der Waals surface area contributed by atoms with Crippen LogP contribution in [-0.2, 0) is 7.05 Å². The van der Waals surface area contributed by atoms with Gasteiger partial charge in [0.1, 0.15) is 5.58 Å². The van der Waals surface area contributed by atoms with Gasteiger partial charge in [0.25, 0.3) is 5.91 Å². The van der Waals surface area contributed by atoms with Crippen molar-refractivity contribution in [1.29, 1.82) is 0 Å². The Bertz CT molecular complexity index is 1050. The van der Waals surface area contributed by atoms with Crippen LogP contribution < -0.4 is 5.32 Å². The number of aromatic nitrogens is 2. The zero-order valence-corrected chi connectivity index (χ0v) is 13.8. The number of fused-ring (bicyclic) bond motifs is 2. The third kappa shape index (κ3) is 2.51. The first-order valence-corrected chi connectivity index (χ1v) is 7.81. The number of amides is 1. The Morgan fingerprint density at radius 2 is 2.09 bits per heavy atom. The molecule has 1 amide bonds. The fourth-order valence-electron chi connectivity index (χ4n) is 2.52. The third-order valence-corrected chi connectivity index (χ3v) is 4.18. The second-order valence-electron chi connectivity index (χ2n) is 5.31. The number of anilines is 1. The minimum Gasteiger partial charge on any atom is -0.451 e. The fourth-order valence-corrected chi connectivity index (χ4v) is 2.86. The summed E-state index contributed by atoms with van der Waals surface area (Å²) in [5.74, 6) is -0.00757. The van der Waals surface area contributed by atoms with Gasteiger partial charge in [0.2, 0.25) is 0 Å². The Balaban J connectivity index is 1.64. The molecule has 2 aromatic carbocycles. The molecule has 0 unspecified atom stereocenters. The maximum atomic E-state index is 12.4. The second kappa shape index (κ2) is 5.24. The standard InChI is InChI=1S/C17H12BrN3O2/c1-21-9-19-13-8-12(4-5-14(13)21)20-17(22)16-6-10-2-3-11(18)7-15(10)23-16/h2-9H,1H3,(H,20,22). The van der Waals surface area contributed by atoms with Gasteiger partial charge in [-0.15, -0.1) is 0 Å². The van der Waals surface area contributed by atoms with Crippen LogP contribution in [0.1, 0.15) is 10.6 Å². The number of furan rings is 1. The van der Waals surface area contributed by atoms with Gasteiger partial charge in [-0.05, 0) is 42.5 Å². The number of carbonyl (C=O) groups excluding carboxylic acids is 1. The first kappa shape index (κ1) is 14.0. The van der Waals surface area contributed by atoms with Crippen molar-refractivity contribution in [1.82, 2.24) is 9.55 Å². The third-order valence-electron chi connectivity index (χ3n) is 3.69. The highest BCUT2D eigenvalue weighted by atomic mass is 79.9. The highest BCUT2D eigenvalue weighted by Gasteiger charge is 2.13. The summed E-state index contributed by atoms with van der Waals surface area (Å²) in [5.41, 5.74) is 3.20. The molecular formula is C17H12BrN3O2. The molecule has 0 fully saturated rings. The van der Waals surface area contributed by atoms with Crippen molar-refractivity contribution >= 4 is 49.5 Å². The summed E-state index contributed by atoms with van der Waals surface area (Å²) >= 11 is 3.39. The van der Waals surface area contributed by atoms with Gasteiger partial charge in [0, 0.05) is 22.6 Å². The van der Waals surface area contributed by atoms with Gasteiger partial charge in [0.05, 0.1) is 17.4 Å². The smallest absolute Gasteiger partial charge is 0.291 e. The SMILES string of the molecule is Cn1cnc2cc(NC(=O)c3cc4ccc(Br)cc4o3)ccc21. The number of imidazole rings is 1. The highest BCUT2D eigenvalue weighted by Crippen LogP contribution is 2.24. The van der Waals surface area contributed by atoms with E-state index in [-0.39, 0.29) is 11.7 Å². The summed E-state index contributed by atoms with van der Waals surface area (Å²) < 4.78 is 8.45. The average Bonchev–Trinajstić information content (AvgIpc) is 3.11. The van der Waals surface area contributed by atoms with E-state index in [9.17, 15) is 4.79 Å². The molecule has 4 aromatic rings. The molecule has 114 valence electrons. The Morgan fingerprint density at radius 1 is 1.22 bits per heavy atom. The van der Waals surface area contributed by atoms with Crippen molar-refractivity contribution in [2.75, 3.05) is 5.32 Å². The van der Waals surface area contributed by atoms with E-state index in [1.54, 1.807) is 12.4 Å². The van der Waals surface area contributed by atoms with Crippen LogP contribution >= 0.6 is 15.9 Å². The number of halogens is 1. The lowest BCUT2D eigenvalue weighted by atomic mass is 10.2. The molecule has 0 saturated heterocycles. The van der Waals surface area contributed by atoms with Crippen LogP contribution in [0.3, 0.4) is 0 Å². The summed E-state index contributed by atoms with van der Waals surface area (Å²) in [4.78, 5) is 16.7. The van der Waals surface area contributed by atoms with Gasteiger partial charge in [-0.1, -0.05) is 15.9 Å². The van der Waals surface area contributed by atoms with E-state index in [1.165, 1.54) is 0 Å². The Labute approximate surface area is 140 Å². The van der Waals surface area contributed by atoms with E-state index in [0.717, 1.165) is 20.9 Å². The maximum Gasteiger partial charge on any atom is 0.291 e. The molecule has 0 aliphatic carbocycles. The van der Waals surface area contributed by atoms with Crippen LogP contribution in [-0.4, -0.2) is 15.5 Å². The minimum absolute atomic E-state index is 0.277. The molecule has 0 aliphatic rings. The zero-order chi connectivity index (χ0) is 16.0. The number of nitrogens with one attached hydrogen (secondary N) is 1. The minimum atomic E-state index is -0.285. The summed E-state index contributed by atoms with van der Waals surface area (Å²) in [6.45, 7) is 0. The monoisotopic (exact) mass is 369 g/mol. The van der Waals surface area contributed by atoms with Crippen LogP contribution in [0.5, 0.6) is 0 Å². The van der Waals surface area contributed by atoms with Crippen molar-refractivity contribution < 1.29 is 9.21 Å². The number of hydrogen-bond donors (Lipinski definition) is 1. The molecule has 5 nitrogen and oxygen atoms in total. The van der Waals surface area contributed by atoms with Crippen molar-refractivity contribution in [2.45, 2.75) is 0 Å². The van der Waals surface area contributed by atoms with Crippen LogP contribution in [0.2, 0.25) is 0 Å². The van der Waals surface area contributed by atoms with Gasteiger partial charge in [-0.3, -0.25) is 4.79 Å². The van der Waals surface area contributed by atoms with Gasteiger partial charge >= 0.3 is 0 Å². The normalized spacial score (nSPS) is 11.2. The largest absolute Gasteiger partial charge is 0.451 e. The molecule has 23 heavy (non-hydrogen) atoms. The molecule has 4 rings (SSSR count). The van der Waals surface area contributed by atoms with Crippen LogP contribution in [0.4, 0.5) is 5.69 Å². The van der Waals surface area contributed by atoms with Gasteiger partial charge < -0.3 is 14.3 Å². The van der Waals surface area contributed by atoms with Gasteiger partial charge in [-0.25, -0.2) is 4.98 Å². The van der Waals surface area contributed by atoms with Crippen molar-refractivity contribution in [2.24, 2.45) is 7.05 Å². The van der Waals surface area contributed by atoms with Crippen LogP contribution in [0, 0.1) is 0 Å². The lowest BCUT2D eigenvalue weighted by Gasteiger charge is -2.03. The lowest BCUT2D eigenvalue weighted by molar-refractivity contribution is 0.0998. The molecule has 0 atom stereocenters. The van der Waals surface area contributed by atoms with Crippen molar-refractivity contribution in [3.8, 4) is 0 Å². The van der Waals surface area contributed by atoms with Crippen molar-refractivity contribution in [3.63, 3.8) is 0 Å². The predicted molar refractivity (Wildman–Crippen MR) is 92.6 cm³/mol. The Kier molecular flexibility index (Phi) is 3.20. The first-order chi connectivity index (χ1) is 11.1. The Hall–Kier alpha value is -2.60. The van der Waals surface area contributed by atoms with Crippen LogP contribution in [0.15, 0.2) is 57.7 Å². The number of benzene rings is 2. The molecule has 6 heteroatoms. The summed E-state index contributed by atoms with van der Waals surface area (Å²) in [7, 11) is 1.93. The average molecular weight is 370 g/mol. The number of aryl methyl sites for hydroxylation is 1. The number of nitrogens with zero attached hydrogens (tertiary/aromatic N) is 2. The summed E-state index contributed by atoms with van der Waals surface area (Å²) in [5, 5.41) is 3.73. The number of rotatable bonds is 2. The maximum absolute atomic E-state index is 12.4. The first-order valence-electron chi connectivity index (χ1n) is 7.02. The van der Waals surface area contributed by atoms with Gasteiger partial charge in [0.15, 0.2) is 5.76 Å². The van der Waals surface area contributed by atoms with E-state index >= 15 is 0 Å². The van der Waals surface area contributed by atoms with E-state index in [1.807, 2.05) is 48.0 Å². The predicted octanol–water partition coefficient (Wildman–Crippen LogP) is 4.33. The zero-order valence-electron chi connectivity index (χ0n) is 12.2. The van der Waals surface area contributed by atoms with E-state index in [2.05, 4.69) is 26.2 Å². The molecule has 2 heterocycles. The molecular weight excluding hydrogens is 358 g/mol. The molecule has 0 saturated carbocycles. The molecule has 1 N–H and O–H groups in total. The quantitative estimate of drug-likeness (QED) is 0.571. The van der Waals surface area contributed by atoms with E-state index < -0.39 is 0 Å². The molecule has 0 bridgehead atoms. The second-order valence-corrected chi connectivity index (χ2v) is 6.22. The molecule has 0 spiro atoms. The lowest BCUT2D eigenvalue weighted by Crippen LogP contribution is -2.10. The number of hydrogen-bond acceptors (Lipinski definition) is 3. The molecule has 2 aromatic heterocycles. The van der Waals surface area contributed by atoms with E-state index in [4.69, 9.17) is 4.42 Å². The van der Waals surface area contributed by atoms with E-state index in [0.29, 0.717) is 11.3 Å².